The summed E-state index contributed by atoms with van der Waals surface area (Å²) < 4.78 is 14.4. The molecular formula is C26H23Br2N3O3. The van der Waals surface area contributed by atoms with E-state index in [1.807, 2.05) is 69.3 Å². The van der Waals surface area contributed by atoms with Crippen LogP contribution in [0.2, 0.25) is 0 Å². The van der Waals surface area contributed by atoms with E-state index in [0.29, 0.717) is 38.3 Å². The summed E-state index contributed by atoms with van der Waals surface area (Å²) in [6.45, 7) is 5.89. The lowest BCUT2D eigenvalue weighted by molar-refractivity contribution is 0.124. The zero-order valence-corrected chi connectivity index (χ0v) is 22.3. The number of fused-ring (bicyclic) bond motifs is 1. The Bertz CT molecular complexity index is 1440. The van der Waals surface area contributed by atoms with E-state index in [2.05, 4.69) is 37.0 Å². The van der Waals surface area contributed by atoms with Gasteiger partial charge in [0, 0.05) is 15.6 Å². The van der Waals surface area contributed by atoms with Gasteiger partial charge in [0.2, 0.25) is 0 Å². The Kier molecular flexibility index (Phi) is 6.91. The van der Waals surface area contributed by atoms with Crippen LogP contribution >= 0.6 is 31.9 Å². The van der Waals surface area contributed by atoms with Crippen molar-refractivity contribution in [2.45, 2.75) is 26.4 Å². The second-order valence-electron chi connectivity index (χ2n) is 8.52. The highest BCUT2D eigenvalue weighted by atomic mass is 79.9. The fourth-order valence-electron chi connectivity index (χ4n) is 3.38. The van der Waals surface area contributed by atoms with E-state index in [1.54, 1.807) is 25.5 Å². The highest BCUT2D eigenvalue weighted by Gasteiger charge is 2.22. The van der Waals surface area contributed by atoms with E-state index >= 15 is 0 Å². The van der Waals surface area contributed by atoms with Crippen LogP contribution < -0.4 is 15.0 Å². The van der Waals surface area contributed by atoms with Crippen LogP contribution in [0.5, 0.6) is 11.5 Å². The molecule has 0 radical (unpaired) electrons. The number of ether oxygens (including phenoxy) is 2. The van der Waals surface area contributed by atoms with Crippen LogP contribution in [-0.4, -0.2) is 28.6 Å². The summed E-state index contributed by atoms with van der Waals surface area (Å²) in [5, 5.41) is 5.05. The quantitative estimate of drug-likeness (QED) is 0.246. The Labute approximate surface area is 214 Å². The normalized spacial score (nSPS) is 11.8. The molecule has 1 aromatic heterocycles. The molecule has 0 unspecified atom stereocenters. The number of methoxy groups -OCH3 is 1. The Morgan fingerprint density at radius 2 is 1.68 bits per heavy atom. The average molecular weight is 585 g/mol. The first-order chi connectivity index (χ1) is 16.2. The molecular weight excluding hydrogens is 562 g/mol. The molecule has 0 aliphatic rings. The maximum Gasteiger partial charge on any atom is 0.282 e. The van der Waals surface area contributed by atoms with Gasteiger partial charge in [-0.2, -0.15) is 9.78 Å². The van der Waals surface area contributed by atoms with Gasteiger partial charge in [0.05, 0.1) is 28.7 Å². The molecule has 4 aromatic rings. The number of halogens is 2. The Morgan fingerprint density at radius 3 is 2.35 bits per heavy atom. The van der Waals surface area contributed by atoms with E-state index in [1.165, 1.54) is 4.68 Å². The van der Waals surface area contributed by atoms with Crippen molar-refractivity contribution >= 4 is 49.0 Å². The molecule has 3 aromatic carbocycles. The maximum absolute atomic E-state index is 13.4. The summed E-state index contributed by atoms with van der Waals surface area (Å²) in [6.07, 6.45) is 1.60. The molecule has 8 heteroatoms. The van der Waals surface area contributed by atoms with Crippen LogP contribution in [0, 0.1) is 0 Å². The molecule has 0 saturated carbocycles. The number of aromatic nitrogens is 2. The van der Waals surface area contributed by atoms with E-state index < -0.39 is 5.60 Å². The minimum atomic E-state index is -0.417. The lowest BCUT2D eigenvalue weighted by Crippen LogP contribution is -2.23. The second-order valence-corrected chi connectivity index (χ2v) is 10.1. The van der Waals surface area contributed by atoms with E-state index in [9.17, 15) is 4.79 Å². The minimum absolute atomic E-state index is 0.254. The predicted octanol–water partition coefficient (Wildman–Crippen LogP) is 6.66. The third kappa shape index (κ3) is 4.93. The smallest absolute Gasteiger partial charge is 0.282 e. The first-order valence-electron chi connectivity index (χ1n) is 10.6. The van der Waals surface area contributed by atoms with Gasteiger partial charge in [-0.3, -0.25) is 4.79 Å². The number of rotatable bonds is 5. The average Bonchev–Trinajstić information content (AvgIpc) is 2.82. The van der Waals surface area contributed by atoms with Crippen LogP contribution in [0.3, 0.4) is 0 Å². The van der Waals surface area contributed by atoms with Gasteiger partial charge < -0.3 is 9.47 Å². The Morgan fingerprint density at radius 1 is 1.00 bits per heavy atom. The number of hydrogen-bond acceptors (Lipinski definition) is 5. The molecule has 0 fully saturated rings. The molecule has 0 aliphatic heterocycles. The van der Waals surface area contributed by atoms with Crippen molar-refractivity contribution in [2.75, 3.05) is 7.11 Å². The Balaban J connectivity index is 1.88. The van der Waals surface area contributed by atoms with Gasteiger partial charge in [0.1, 0.15) is 5.60 Å². The van der Waals surface area contributed by atoms with Gasteiger partial charge in [-0.1, -0.05) is 42.5 Å². The van der Waals surface area contributed by atoms with Gasteiger partial charge in [-0.05, 0) is 70.8 Å². The second kappa shape index (κ2) is 9.72. The first-order valence-corrected chi connectivity index (χ1v) is 12.1. The van der Waals surface area contributed by atoms with Crippen molar-refractivity contribution in [3.63, 3.8) is 0 Å². The summed E-state index contributed by atoms with van der Waals surface area (Å²) in [5.74, 6) is 1.57. The van der Waals surface area contributed by atoms with E-state index in [4.69, 9.17) is 14.5 Å². The molecule has 34 heavy (non-hydrogen) atoms. The number of hydrogen-bond donors (Lipinski definition) is 0. The molecule has 1 heterocycles. The van der Waals surface area contributed by atoms with Gasteiger partial charge in [0.25, 0.3) is 5.56 Å². The minimum Gasteiger partial charge on any atom is -0.493 e. The van der Waals surface area contributed by atoms with Gasteiger partial charge in [0.15, 0.2) is 17.3 Å². The fraction of sp³-hybridized carbons (Fsp3) is 0.192. The van der Waals surface area contributed by atoms with Crippen molar-refractivity contribution in [3.8, 4) is 22.9 Å². The standard InChI is InChI=1S/C26H23Br2N3O3/c1-26(2,3)34-23-20(33-4)14-17(21(27)22(23)28)15-29-31-24(16-10-6-5-7-11-16)30-19-13-9-8-12-18(19)25(31)32/h5-15H,1-4H3. The molecule has 0 aliphatic carbocycles. The summed E-state index contributed by atoms with van der Waals surface area (Å²) in [4.78, 5) is 18.1. The van der Waals surface area contributed by atoms with Crippen molar-refractivity contribution < 1.29 is 9.47 Å². The molecule has 6 nitrogen and oxygen atoms in total. The molecule has 0 spiro atoms. The highest BCUT2D eigenvalue weighted by Crippen LogP contribution is 2.43. The van der Waals surface area contributed by atoms with Crippen molar-refractivity contribution in [1.29, 1.82) is 0 Å². The van der Waals surface area contributed by atoms with E-state index in [0.717, 1.165) is 10.0 Å². The zero-order chi connectivity index (χ0) is 24.5. The fourth-order valence-corrected chi connectivity index (χ4v) is 4.28. The topological polar surface area (TPSA) is 65.7 Å². The van der Waals surface area contributed by atoms with Crippen molar-refractivity contribution in [1.82, 2.24) is 9.66 Å². The van der Waals surface area contributed by atoms with Gasteiger partial charge >= 0.3 is 0 Å². The van der Waals surface area contributed by atoms with Crippen LogP contribution in [0.25, 0.3) is 22.3 Å². The van der Waals surface area contributed by atoms with Crippen LogP contribution in [0.15, 0.2) is 79.5 Å². The monoisotopic (exact) mass is 583 g/mol. The van der Waals surface area contributed by atoms with Gasteiger partial charge in [-0.15, -0.1) is 0 Å². The van der Waals surface area contributed by atoms with Crippen LogP contribution in [0.1, 0.15) is 26.3 Å². The van der Waals surface area contributed by atoms with Gasteiger partial charge in [-0.25, -0.2) is 4.98 Å². The summed E-state index contributed by atoms with van der Waals surface area (Å²) >= 11 is 7.23. The lowest BCUT2D eigenvalue weighted by atomic mass is 10.1. The summed E-state index contributed by atoms with van der Waals surface area (Å²) in [7, 11) is 1.58. The Hall–Kier alpha value is -2.97. The largest absolute Gasteiger partial charge is 0.493 e. The first kappa shape index (κ1) is 24.2. The molecule has 0 saturated heterocycles. The number of benzene rings is 3. The molecule has 4 rings (SSSR count). The van der Waals surface area contributed by atoms with Crippen LogP contribution in [-0.2, 0) is 0 Å². The molecule has 174 valence electrons. The molecule has 0 N–H and O–H groups in total. The van der Waals surface area contributed by atoms with Crippen LogP contribution in [0.4, 0.5) is 0 Å². The molecule has 0 bridgehead atoms. The zero-order valence-electron chi connectivity index (χ0n) is 19.2. The molecule has 0 atom stereocenters. The predicted molar refractivity (Wildman–Crippen MR) is 143 cm³/mol. The third-order valence-electron chi connectivity index (χ3n) is 4.88. The number of para-hydroxylation sites is 1. The van der Waals surface area contributed by atoms with Crippen molar-refractivity contribution in [2.24, 2.45) is 5.10 Å². The number of nitrogens with zero attached hydrogens (tertiary/aromatic N) is 3. The summed E-state index contributed by atoms with van der Waals surface area (Å²) in [5.41, 5.74) is 1.43. The highest BCUT2D eigenvalue weighted by molar-refractivity contribution is 9.13. The lowest BCUT2D eigenvalue weighted by Gasteiger charge is -2.24. The maximum atomic E-state index is 13.4. The third-order valence-corrected chi connectivity index (χ3v) is 7.03. The SMILES string of the molecule is COc1cc(C=Nn2c(-c3ccccc3)nc3ccccc3c2=O)c(Br)c(Br)c1OC(C)(C)C. The summed E-state index contributed by atoms with van der Waals surface area (Å²) in [6, 6.07) is 18.6. The van der Waals surface area contributed by atoms with Crippen molar-refractivity contribution in [3.05, 3.63) is 85.5 Å². The van der Waals surface area contributed by atoms with E-state index in [-0.39, 0.29) is 5.56 Å². The molecule has 0 amide bonds.